The molecule has 8 atom stereocenters. The fourth-order valence-corrected chi connectivity index (χ4v) is 10.2. The summed E-state index contributed by atoms with van der Waals surface area (Å²) in [7, 11) is 0. The standard InChI is InChI=1S/C34H51IO/c1-23(2)8-6-9-24(3)30-14-15-31-29-13-12-26-21-28(36-22-25-10-7-11-27(35)20-25)16-18-33(26,4)32(29)17-19-34(30,31)5/h7,10-12,20,23-24,28-32H,6,8-9,13-19,21-22H2,1-5H3/t24-,28?,29+,30-,31+,32+,33+,34-/m1/s1. The lowest BCUT2D eigenvalue weighted by Crippen LogP contribution is -2.51. The van der Waals surface area contributed by atoms with Crippen molar-refractivity contribution in [3.63, 3.8) is 0 Å². The Balaban J connectivity index is 1.23. The van der Waals surface area contributed by atoms with E-state index in [2.05, 4.69) is 87.6 Å². The summed E-state index contributed by atoms with van der Waals surface area (Å²) >= 11 is 2.40. The Morgan fingerprint density at radius 3 is 2.61 bits per heavy atom. The van der Waals surface area contributed by atoms with Crippen molar-refractivity contribution < 1.29 is 4.74 Å². The molecular weight excluding hydrogens is 551 g/mol. The maximum absolute atomic E-state index is 6.48. The molecule has 200 valence electrons. The number of ether oxygens (including phenoxy) is 1. The summed E-state index contributed by atoms with van der Waals surface area (Å²) in [5.74, 6) is 5.50. The van der Waals surface area contributed by atoms with Gasteiger partial charge in [-0.15, -0.1) is 0 Å². The predicted molar refractivity (Wildman–Crippen MR) is 161 cm³/mol. The van der Waals surface area contributed by atoms with Gasteiger partial charge in [-0.25, -0.2) is 0 Å². The second-order valence-corrected chi connectivity index (χ2v) is 15.3. The highest BCUT2D eigenvalue weighted by atomic mass is 127. The normalized spacial score (nSPS) is 38.8. The van der Waals surface area contributed by atoms with Gasteiger partial charge in [-0.3, -0.25) is 0 Å². The number of fused-ring (bicyclic) bond motifs is 5. The van der Waals surface area contributed by atoms with Crippen LogP contribution in [-0.4, -0.2) is 6.10 Å². The second kappa shape index (κ2) is 11.0. The third kappa shape index (κ3) is 5.25. The SMILES string of the molecule is CC(C)CCC[C@@H](C)[C@H]1CC[C@H]2[C@@H]3CC=C4CC(OCc5cccc(I)c5)CC[C@]4(C)[C@H]3CC[C@]12C. The molecule has 5 rings (SSSR count). The van der Waals surface area contributed by atoms with Gasteiger partial charge in [0.1, 0.15) is 0 Å². The molecule has 1 nitrogen and oxygen atoms in total. The van der Waals surface area contributed by atoms with E-state index in [0.717, 1.165) is 42.1 Å². The summed E-state index contributed by atoms with van der Waals surface area (Å²) in [5.41, 5.74) is 4.08. The van der Waals surface area contributed by atoms with Crippen molar-refractivity contribution in [3.05, 3.63) is 45.0 Å². The van der Waals surface area contributed by atoms with E-state index in [-0.39, 0.29) is 0 Å². The van der Waals surface area contributed by atoms with Crippen LogP contribution in [-0.2, 0) is 11.3 Å². The maximum Gasteiger partial charge on any atom is 0.0721 e. The first-order valence-electron chi connectivity index (χ1n) is 15.3. The minimum absolute atomic E-state index is 0.398. The molecule has 0 bridgehead atoms. The summed E-state index contributed by atoms with van der Waals surface area (Å²) in [4.78, 5) is 0. The van der Waals surface area contributed by atoms with Crippen LogP contribution >= 0.6 is 22.6 Å². The van der Waals surface area contributed by atoms with Crippen LogP contribution in [0.2, 0.25) is 0 Å². The van der Waals surface area contributed by atoms with Crippen LogP contribution in [0.25, 0.3) is 0 Å². The fourth-order valence-electron chi connectivity index (χ4n) is 9.64. The van der Waals surface area contributed by atoms with Crippen LogP contribution in [0.5, 0.6) is 0 Å². The smallest absolute Gasteiger partial charge is 0.0721 e. The van der Waals surface area contributed by atoms with Gasteiger partial charge in [-0.05, 0) is 138 Å². The zero-order valence-corrected chi connectivity index (χ0v) is 25.9. The van der Waals surface area contributed by atoms with Crippen molar-refractivity contribution in [2.45, 2.75) is 118 Å². The molecule has 0 saturated heterocycles. The Labute approximate surface area is 235 Å². The van der Waals surface area contributed by atoms with Gasteiger partial charge in [-0.1, -0.05) is 77.7 Å². The summed E-state index contributed by atoms with van der Waals surface area (Å²) in [5, 5.41) is 0. The zero-order chi connectivity index (χ0) is 25.5. The molecule has 0 aliphatic heterocycles. The largest absolute Gasteiger partial charge is 0.373 e. The molecule has 1 aromatic carbocycles. The molecule has 36 heavy (non-hydrogen) atoms. The second-order valence-electron chi connectivity index (χ2n) is 14.1. The molecule has 0 spiro atoms. The quantitative estimate of drug-likeness (QED) is 0.213. The van der Waals surface area contributed by atoms with Crippen molar-refractivity contribution in [1.29, 1.82) is 0 Å². The lowest BCUT2D eigenvalue weighted by atomic mass is 9.47. The van der Waals surface area contributed by atoms with E-state index in [0.29, 0.717) is 16.9 Å². The van der Waals surface area contributed by atoms with Gasteiger partial charge in [0.05, 0.1) is 12.7 Å². The maximum atomic E-state index is 6.48. The van der Waals surface area contributed by atoms with Crippen LogP contribution in [0.1, 0.15) is 111 Å². The lowest BCUT2D eigenvalue weighted by Gasteiger charge is -2.58. The molecule has 0 N–H and O–H groups in total. The lowest BCUT2D eigenvalue weighted by molar-refractivity contribution is -0.0656. The average molecular weight is 603 g/mol. The molecule has 1 aromatic rings. The Morgan fingerprint density at radius 2 is 1.83 bits per heavy atom. The van der Waals surface area contributed by atoms with Gasteiger partial charge < -0.3 is 4.74 Å². The highest BCUT2D eigenvalue weighted by molar-refractivity contribution is 14.1. The van der Waals surface area contributed by atoms with Crippen LogP contribution in [0.4, 0.5) is 0 Å². The first kappa shape index (κ1) is 27.2. The zero-order valence-electron chi connectivity index (χ0n) is 23.7. The molecule has 3 saturated carbocycles. The topological polar surface area (TPSA) is 9.23 Å². The van der Waals surface area contributed by atoms with Crippen molar-refractivity contribution >= 4 is 22.6 Å². The van der Waals surface area contributed by atoms with Gasteiger partial charge in [-0.2, -0.15) is 0 Å². The Morgan fingerprint density at radius 1 is 1.00 bits per heavy atom. The number of benzene rings is 1. The third-order valence-corrected chi connectivity index (χ3v) is 12.3. The van der Waals surface area contributed by atoms with Crippen molar-refractivity contribution in [2.75, 3.05) is 0 Å². The molecule has 0 heterocycles. The number of rotatable bonds is 8. The van der Waals surface area contributed by atoms with Crippen LogP contribution in [0.15, 0.2) is 35.9 Å². The molecule has 4 aliphatic rings. The monoisotopic (exact) mass is 602 g/mol. The highest BCUT2D eigenvalue weighted by Gasteiger charge is 2.59. The molecule has 0 aromatic heterocycles. The molecule has 0 amide bonds. The summed E-state index contributed by atoms with van der Waals surface area (Å²) in [6.45, 7) is 13.5. The summed E-state index contributed by atoms with van der Waals surface area (Å²) < 4.78 is 7.78. The van der Waals surface area contributed by atoms with E-state index in [1.165, 1.54) is 79.8 Å². The van der Waals surface area contributed by atoms with Crippen LogP contribution < -0.4 is 0 Å². The first-order valence-corrected chi connectivity index (χ1v) is 16.3. The minimum Gasteiger partial charge on any atom is -0.373 e. The van der Waals surface area contributed by atoms with Gasteiger partial charge in [0.2, 0.25) is 0 Å². The molecule has 0 radical (unpaired) electrons. The summed E-state index contributed by atoms with van der Waals surface area (Å²) in [6, 6.07) is 8.78. The van der Waals surface area contributed by atoms with Crippen molar-refractivity contribution in [3.8, 4) is 0 Å². The average Bonchev–Trinajstić information content (AvgIpc) is 3.20. The van der Waals surface area contributed by atoms with Crippen molar-refractivity contribution in [2.24, 2.45) is 46.3 Å². The van der Waals surface area contributed by atoms with Crippen LogP contribution in [0, 0.1) is 49.9 Å². The molecule has 4 aliphatic carbocycles. The fraction of sp³-hybridized carbons (Fsp3) is 0.765. The molecule has 1 unspecified atom stereocenters. The van der Waals surface area contributed by atoms with E-state index in [1.807, 2.05) is 0 Å². The summed E-state index contributed by atoms with van der Waals surface area (Å²) in [6.07, 6.45) is 18.4. The molecular formula is C34H51IO. The Bertz CT molecular complexity index is 935. The van der Waals surface area contributed by atoms with E-state index < -0.39 is 0 Å². The Kier molecular flexibility index (Phi) is 8.34. The van der Waals surface area contributed by atoms with Gasteiger partial charge in [0.15, 0.2) is 0 Å². The minimum atomic E-state index is 0.398. The van der Waals surface area contributed by atoms with Gasteiger partial charge in [0, 0.05) is 3.57 Å². The van der Waals surface area contributed by atoms with Gasteiger partial charge in [0.25, 0.3) is 0 Å². The number of hydrogen-bond donors (Lipinski definition) is 0. The van der Waals surface area contributed by atoms with E-state index in [4.69, 9.17) is 4.74 Å². The van der Waals surface area contributed by atoms with E-state index in [9.17, 15) is 0 Å². The number of halogens is 1. The van der Waals surface area contributed by atoms with E-state index >= 15 is 0 Å². The number of allylic oxidation sites excluding steroid dienone is 1. The molecule has 2 heteroatoms. The molecule has 3 fully saturated rings. The Hall–Kier alpha value is -0.350. The predicted octanol–water partition coefficient (Wildman–Crippen LogP) is 10.2. The third-order valence-electron chi connectivity index (χ3n) is 11.6. The first-order chi connectivity index (χ1) is 17.2. The highest BCUT2D eigenvalue weighted by Crippen LogP contribution is 2.67. The van der Waals surface area contributed by atoms with E-state index in [1.54, 1.807) is 5.57 Å². The van der Waals surface area contributed by atoms with Crippen LogP contribution in [0.3, 0.4) is 0 Å². The number of hydrogen-bond acceptors (Lipinski definition) is 1. The van der Waals surface area contributed by atoms with Crippen molar-refractivity contribution in [1.82, 2.24) is 0 Å². The van der Waals surface area contributed by atoms with Gasteiger partial charge >= 0.3 is 0 Å².